The van der Waals surface area contributed by atoms with Crippen molar-refractivity contribution in [3.8, 4) is 0 Å². The van der Waals surface area contributed by atoms with Gasteiger partial charge in [0.15, 0.2) is 0 Å². The summed E-state index contributed by atoms with van der Waals surface area (Å²) in [5.41, 5.74) is 0. The van der Waals surface area contributed by atoms with Crippen LogP contribution in [0.1, 0.15) is 225 Å². The molecule has 2 nitrogen and oxygen atoms in total. The number of ether oxygens (including phenoxy) is 1. The third kappa shape index (κ3) is 8.19. The van der Waals surface area contributed by atoms with E-state index in [0.29, 0.717) is 12.2 Å². The smallest absolute Gasteiger partial charge is 0.0621 e. The van der Waals surface area contributed by atoms with E-state index >= 15 is 0 Å². The SMILES string of the molecule is C1CCC(C2CCC(N(C3CCC(C4CCCC(C5CCCCC5)C4)CC3)C3CCCC(C4CCCC5C6CCC7OC8CCCCC8C7C6SC45)C3)CC2)CC1. The zero-order valence-electron chi connectivity index (χ0n) is 37.0. The molecule has 57 heavy (non-hydrogen) atoms. The van der Waals surface area contributed by atoms with Crippen LogP contribution in [0.15, 0.2) is 0 Å². The van der Waals surface area contributed by atoms with Gasteiger partial charge in [0.2, 0.25) is 0 Å². The van der Waals surface area contributed by atoms with Gasteiger partial charge in [-0.15, -0.1) is 0 Å². The molecule has 0 bridgehead atoms. The summed E-state index contributed by atoms with van der Waals surface area (Å²) in [5, 5.41) is 1.93. The number of thioether (sulfide) groups is 1. The van der Waals surface area contributed by atoms with Crippen LogP contribution < -0.4 is 0 Å². The quantitative estimate of drug-likeness (QED) is 0.255. The van der Waals surface area contributed by atoms with Crippen molar-refractivity contribution in [1.82, 2.24) is 4.90 Å². The van der Waals surface area contributed by atoms with Gasteiger partial charge in [-0.05, 0) is 174 Å². The molecular weight excluding hydrogens is 711 g/mol. The predicted molar refractivity (Wildman–Crippen MR) is 241 cm³/mol. The Hall–Kier alpha value is 0.270. The topological polar surface area (TPSA) is 12.5 Å². The number of nitrogens with zero attached hydrogens (tertiary/aromatic N) is 1. The first-order valence-electron chi connectivity index (χ1n) is 27.3. The summed E-state index contributed by atoms with van der Waals surface area (Å²) in [6.07, 6.45) is 55.2. The summed E-state index contributed by atoms with van der Waals surface area (Å²) in [6.45, 7) is 0. The van der Waals surface area contributed by atoms with Crippen LogP contribution in [0, 0.1) is 71.0 Å². The monoisotopic (exact) mass is 800 g/mol. The molecule has 0 spiro atoms. The van der Waals surface area contributed by atoms with Gasteiger partial charge in [-0.2, -0.15) is 11.8 Å². The lowest BCUT2D eigenvalue weighted by molar-refractivity contribution is -0.0196. The van der Waals surface area contributed by atoms with Gasteiger partial charge in [-0.3, -0.25) is 4.90 Å². The Morgan fingerprint density at radius 3 is 1.53 bits per heavy atom. The van der Waals surface area contributed by atoms with E-state index in [1.807, 2.05) is 0 Å². The molecule has 2 saturated heterocycles. The van der Waals surface area contributed by atoms with Gasteiger partial charge in [0, 0.05) is 34.5 Å². The lowest BCUT2D eigenvalue weighted by atomic mass is 9.62. The van der Waals surface area contributed by atoms with E-state index in [-0.39, 0.29) is 0 Å². The molecule has 0 radical (unpaired) electrons. The van der Waals surface area contributed by atoms with E-state index in [0.717, 1.165) is 99.6 Å². The van der Waals surface area contributed by atoms with Gasteiger partial charge in [0.05, 0.1) is 12.2 Å². The first-order valence-corrected chi connectivity index (χ1v) is 28.3. The van der Waals surface area contributed by atoms with Crippen molar-refractivity contribution in [2.75, 3.05) is 0 Å². The molecule has 0 aromatic carbocycles. The second kappa shape index (κ2) is 18.2. The molecule has 11 rings (SSSR count). The summed E-state index contributed by atoms with van der Waals surface area (Å²) in [5.74, 6) is 12.4. The highest BCUT2D eigenvalue weighted by Gasteiger charge is 2.60. The average molecular weight is 800 g/mol. The Morgan fingerprint density at radius 2 is 0.807 bits per heavy atom. The van der Waals surface area contributed by atoms with Crippen LogP contribution in [-0.4, -0.2) is 45.7 Å². The lowest BCUT2D eigenvalue weighted by Gasteiger charge is -2.52. The van der Waals surface area contributed by atoms with Crippen LogP contribution >= 0.6 is 11.8 Å². The second-order valence-electron chi connectivity index (χ2n) is 24.0. The highest BCUT2D eigenvalue weighted by molar-refractivity contribution is 8.00. The fourth-order valence-electron chi connectivity index (χ4n) is 18.9. The van der Waals surface area contributed by atoms with Crippen LogP contribution in [0.25, 0.3) is 0 Å². The molecule has 13 unspecified atom stereocenters. The maximum absolute atomic E-state index is 6.92. The first-order chi connectivity index (χ1) is 28.2. The largest absolute Gasteiger partial charge is 0.374 e. The normalized spacial score (nSPS) is 50.2. The van der Waals surface area contributed by atoms with Crippen LogP contribution in [0.4, 0.5) is 0 Å². The van der Waals surface area contributed by atoms with E-state index in [2.05, 4.69) is 16.7 Å². The fourth-order valence-corrected chi connectivity index (χ4v) is 21.5. The van der Waals surface area contributed by atoms with E-state index in [1.54, 1.807) is 135 Å². The molecule has 11 aliphatic rings. The number of fused-ring (bicyclic) bond motifs is 7. The minimum absolute atomic E-state index is 0.623. The molecule has 0 aromatic heterocycles. The van der Waals surface area contributed by atoms with Gasteiger partial charge in [-0.1, -0.05) is 116 Å². The first kappa shape index (κ1) is 40.1. The molecule has 2 heterocycles. The second-order valence-corrected chi connectivity index (χ2v) is 25.3. The molecule has 0 amide bonds. The summed E-state index contributed by atoms with van der Waals surface area (Å²) in [4.78, 5) is 3.41. The van der Waals surface area contributed by atoms with E-state index < -0.39 is 0 Å². The molecule has 3 heteroatoms. The highest BCUT2D eigenvalue weighted by atomic mass is 32.2. The van der Waals surface area contributed by atoms with Crippen LogP contribution in [0.3, 0.4) is 0 Å². The molecule has 2 aliphatic heterocycles. The number of hydrogen-bond acceptors (Lipinski definition) is 3. The Morgan fingerprint density at radius 1 is 0.298 bits per heavy atom. The molecule has 9 aliphatic carbocycles. The van der Waals surface area contributed by atoms with Crippen molar-refractivity contribution in [2.45, 2.75) is 266 Å². The molecular formula is C54H89NOS. The maximum atomic E-state index is 6.92. The maximum Gasteiger partial charge on any atom is 0.0621 e. The van der Waals surface area contributed by atoms with E-state index in [9.17, 15) is 0 Å². The van der Waals surface area contributed by atoms with Crippen LogP contribution in [0.5, 0.6) is 0 Å². The van der Waals surface area contributed by atoms with E-state index in [1.165, 1.54) is 89.9 Å². The third-order valence-corrected chi connectivity index (χ3v) is 23.5. The minimum Gasteiger partial charge on any atom is -0.374 e. The van der Waals surface area contributed by atoms with Gasteiger partial charge in [0.25, 0.3) is 0 Å². The Labute approximate surface area is 356 Å². The van der Waals surface area contributed by atoms with Crippen molar-refractivity contribution in [3.05, 3.63) is 0 Å². The molecule has 0 aromatic rings. The lowest BCUT2D eigenvalue weighted by Crippen LogP contribution is -2.54. The van der Waals surface area contributed by atoms with Crippen molar-refractivity contribution in [1.29, 1.82) is 0 Å². The van der Waals surface area contributed by atoms with Gasteiger partial charge < -0.3 is 4.74 Å². The van der Waals surface area contributed by atoms with Crippen molar-refractivity contribution in [3.63, 3.8) is 0 Å². The summed E-state index contributed by atoms with van der Waals surface area (Å²) in [6, 6.07) is 2.71. The predicted octanol–water partition coefficient (Wildman–Crippen LogP) is 14.8. The van der Waals surface area contributed by atoms with Crippen LogP contribution in [0.2, 0.25) is 0 Å². The molecule has 13 atom stereocenters. The molecule has 322 valence electrons. The summed E-state index contributed by atoms with van der Waals surface area (Å²) in [7, 11) is 0. The Balaban J connectivity index is 0.777. The van der Waals surface area contributed by atoms with Crippen LogP contribution in [-0.2, 0) is 4.74 Å². The van der Waals surface area contributed by atoms with Gasteiger partial charge in [0.1, 0.15) is 0 Å². The number of rotatable bonds is 7. The number of hydrogen-bond donors (Lipinski definition) is 0. The van der Waals surface area contributed by atoms with Gasteiger partial charge >= 0.3 is 0 Å². The third-order valence-electron chi connectivity index (χ3n) is 21.5. The Kier molecular flexibility index (Phi) is 12.8. The summed E-state index contributed by atoms with van der Waals surface area (Å²) >= 11 is 2.62. The summed E-state index contributed by atoms with van der Waals surface area (Å²) < 4.78 is 6.92. The standard InChI is InChI=1S/C54H89NOS/c1-3-12-36(13-4-1)38-24-28-43(29-25-38)55(44-30-26-39(27-31-44)41-17-9-16-40(34-41)37-14-5-2-6-15-37)45-19-10-18-42(35-45)46-21-11-22-47-48-32-33-51-52(54(48)57-53(46)47)49-20-7-8-23-50(49)56-51/h36-54H,1-35H2. The van der Waals surface area contributed by atoms with Crippen molar-refractivity contribution in [2.24, 2.45) is 71.0 Å². The average Bonchev–Trinajstić information content (AvgIpc) is 3.86. The Bertz CT molecular complexity index is 1270. The molecule has 9 saturated carbocycles. The van der Waals surface area contributed by atoms with Gasteiger partial charge in [-0.25, -0.2) is 0 Å². The molecule has 11 fully saturated rings. The zero-order valence-corrected chi connectivity index (χ0v) is 37.8. The van der Waals surface area contributed by atoms with Crippen molar-refractivity contribution >= 4 is 11.8 Å². The molecule has 0 N–H and O–H groups in total. The van der Waals surface area contributed by atoms with E-state index in [4.69, 9.17) is 4.74 Å². The minimum atomic E-state index is 0.623. The fraction of sp³-hybridized carbons (Fsp3) is 1.00. The zero-order chi connectivity index (χ0) is 37.7. The van der Waals surface area contributed by atoms with Crippen molar-refractivity contribution < 1.29 is 4.74 Å². The highest BCUT2D eigenvalue weighted by Crippen LogP contribution is 2.64.